The van der Waals surface area contributed by atoms with E-state index < -0.39 is 54.2 Å². The lowest BCUT2D eigenvalue weighted by Gasteiger charge is -2.33. The number of anilines is 2. The van der Waals surface area contributed by atoms with Crippen molar-refractivity contribution in [2.45, 2.75) is 77.2 Å². The van der Waals surface area contributed by atoms with E-state index in [1.807, 2.05) is 24.3 Å². The number of hydrogen-bond acceptors (Lipinski definition) is 15. The predicted molar refractivity (Wildman–Crippen MR) is 265 cm³/mol. The number of amides is 2. The molecule has 2 unspecified atom stereocenters. The van der Waals surface area contributed by atoms with Gasteiger partial charge in [0.15, 0.2) is 0 Å². The van der Waals surface area contributed by atoms with Gasteiger partial charge in [0, 0.05) is 91.4 Å². The van der Waals surface area contributed by atoms with Gasteiger partial charge in [0.2, 0.25) is 11.3 Å². The van der Waals surface area contributed by atoms with Crippen LogP contribution in [0.1, 0.15) is 90.4 Å². The van der Waals surface area contributed by atoms with E-state index >= 15 is 0 Å². The normalized spacial score (nSPS) is 19.7. The maximum atomic E-state index is 14.4. The Kier molecular flexibility index (Phi) is 16.3. The third-order valence-corrected chi connectivity index (χ3v) is 16.7. The molecule has 1 aromatic heterocycles. The summed E-state index contributed by atoms with van der Waals surface area (Å²) in [4.78, 5) is 84.5. The molecule has 0 bridgehead atoms. The molecule has 0 radical (unpaired) electrons. The Balaban J connectivity index is 0.904. The molecule has 8 rings (SSSR count). The zero-order valence-electron chi connectivity index (χ0n) is 40.2. The number of nitrogens with two attached hydrogens (primary N) is 1. The molecule has 1 fully saturated rings. The molecule has 5 heterocycles. The molecular weight excluding hydrogens is 1010 g/mol. The molecule has 23 nitrogen and oxygen atoms in total. The minimum absolute atomic E-state index is 0.0555. The largest absolute Gasteiger partial charge is 0.490 e. The molecule has 0 aliphatic carbocycles. The van der Waals surface area contributed by atoms with Crippen LogP contribution in [0.3, 0.4) is 0 Å². The highest BCUT2D eigenvalue weighted by Crippen LogP contribution is 2.66. The third kappa shape index (κ3) is 12.5. The Bertz CT molecular complexity index is 3240. The molecule has 5 atom stereocenters. The fraction of sp³-hybridized carbons (Fsp3) is 0.426. The lowest BCUT2D eigenvalue weighted by Crippen LogP contribution is -2.39. The molecular formula is C47H57N7O16P3+. The van der Waals surface area contributed by atoms with Gasteiger partial charge in [-0.15, -0.1) is 0 Å². The number of phosphoric acid groups is 3. The number of benzene rings is 3. The first-order valence-corrected chi connectivity index (χ1v) is 28.2. The maximum Gasteiger partial charge on any atom is 0.490 e. The van der Waals surface area contributed by atoms with E-state index in [9.17, 15) is 43.0 Å². The molecule has 8 N–H and O–H groups in total. The summed E-state index contributed by atoms with van der Waals surface area (Å²) < 4.78 is 62.3. The van der Waals surface area contributed by atoms with Crippen LogP contribution in [0.2, 0.25) is 0 Å². The Morgan fingerprint density at radius 2 is 1.77 bits per heavy atom. The van der Waals surface area contributed by atoms with E-state index in [0.29, 0.717) is 12.0 Å². The second kappa shape index (κ2) is 22.1. The van der Waals surface area contributed by atoms with Gasteiger partial charge in [-0.05, 0) is 68.9 Å². The van der Waals surface area contributed by atoms with Crippen molar-refractivity contribution in [1.82, 2.24) is 24.3 Å². The minimum Gasteiger partial charge on any atom is -0.456 e. The number of fused-ring (bicyclic) bond motifs is 4. The summed E-state index contributed by atoms with van der Waals surface area (Å²) in [7, 11) is -15.2. The Hall–Kier alpha value is -5.56. The van der Waals surface area contributed by atoms with Crippen LogP contribution in [0.5, 0.6) is 11.5 Å². The van der Waals surface area contributed by atoms with Gasteiger partial charge >= 0.3 is 29.2 Å². The average molecular weight is 1070 g/mol. The van der Waals surface area contributed by atoms with Crippen LogP contribution >= 0.6 is 23.5 Å². The number of phosphoric ester groups is 1. The molecule has 4 aliphatic rings. The van der Waals surface area contributed by atoms with Crippen LogP contribution in [0, 0.1) is 11.8 Å². The fourth-order valence-corrected chi connectivity index (χ4v) is 12.5. The summed E-state index contributed by atoms with van der Waals surface area (Å²) in [6.45, 7) is 7.26. The summed E-state index contributed by atoms with van der Waals surface area (Å²) in [5, 5.41) is 15.3. The number of carbonyl (C=O) groups excluding carboxylic acids is 2. The van der Waals surface area contributed by atoms with Crippen molar-refractivity contribution in [1.29, 1.82) is 0 Å². The zero-order chi connectivity index (χ0) is 52.4. The fourth-order valence-electron chi connectivity index (χ4n) is 9.48. The second-order valence-electron chi connectivity index (χ2n) is 17.8. The van der Waals surface area contributed by atoms with Gasteiger partial charge in [0.25, 0.3) is 5.91 Å². The van der Waals surface area contributed by atoms with Crippen molar-refractivity contribution in [2.75, 3.05) is 63.6 Å². The molecule has 1 saturated heterocycles. The molecule has 0 spiro atoms. The number of aryl methyl sites for hydroxylation is 2. The number of ether oxygens (including phenoxy) is 2. The van der Waals surface area contributed by atoms with E-state index in [2.05, 4.69) is 82.9 Å². The van der Waals surface area contributed by atoms with E-state index in [1.165, 1.54) is 28.4 Å². The number of nitrogen functional groups attached to an aromatic ring is 1. The highest BCUT2D eigenvalue weighted by Gasteiger charge is 2.43. The lowest BCUT2D eigenvalue weighted by molar-refractivity contribution is -0.121. The van der Waals surface area contributed by atoms with Crippen LogP contribution < -0.4 is 41.5 Å². The van der Waals surface area contributed by atoms with Crippen LogP contribution in [-0.2, 0) is 49.2 Å². The second-order valence-corrected chi connectivity index (χ2v) is 22.2. The summed E-state index contributed by atoms with van der Waals surface area (Å²) >= 11 is 0. The highest BCUT2D eigenvalue weighted by molar-refractivity contribution is 7.66. The molecule has 73 heavy (non-hydrogen) atoms. The van der Waals surface area contributed by atoms with E-state index in [0.717, 1.165) is 89.8 Å². The molecule has 3 aromatic carbocycles. The lowest BCUT2D eigenvalue weighted by atomic mass is 9.86. The topological polar surface area (TPSA) is 315 Å². The maximum absolute atomic E-state index is 14.4. The van der Waals surface area contributed by atoms with E-state index in [4.69, 9.17) is 25.0 Å². The van der Waals surface area contributed by atoms with Gasteiger partial charge in [-0.1, -0.05) is 30.0 Å². The first kappa shape index (κ1) is 53.7. The summed E-state index contributed by atoms with van der Waals surface area (Å²) in [6, 6.07) is 16.5. The van der Waals surface area contributed by atoms with Crippen LogP contribution in [0.4, 0.5) is 11.5 Å². The number of rotatable bonds is 17. The van der Waals surface area contributed by atoms with Crippen molar-refractivity contribution in [3.8, 4) is 23.3 Å². The number of carbonyl (C=O) groups is 2. The minimum atomic E-state index is -5.78. The number of aromatic nitrogens is 2. The zero-order valence-corrected chi connectivity index (χ0v) is 42.9. The number of nitrogens with zero attached hydrogens (tertiary/aromatic N) is 5. The van der Waals surface area contributed by atoms with Gasteiger partial charge in [-0.25, -0.2) is 23.1 Å². The van der Waals surface area contributed by atoms with Gasteiger partial charge < -0.3 is 55.0 Å². The predicted octanol–water partition coefficient (Wildman–Crippen LogP) is 2.42. The summed E-state index contributed by atoms with van der Waals surface area (Å²) in [6.07, 6.45) is 1.26. The Morgan fingerprint density at radius 1 is 1.00 bits per heavy atom. The number of hydrogen-bond donors (Lipinski definition) is 7. The van der Waals surface area contributed by atoms with Crippen molar-refractivity contribution in [3.05, 3.63) is 109 Å². The van der Waals surface area contributed by atoms with Crippen LogP contribution in [0.15, 0.2) is 59.5 Å². The molecule has 4 aliphatic heterocycles. The van der Waals surface area contributed by atoms with E-state index in [-0.39, 0.29) is 49.1 Å². The molecule has 4 aromatic rings. The van der Waals surface area contributed by atoms with Crippen molar-refractivity contribution < 1.29 is 70.6 Å². The van der Waals surface area contributed by atoms with Gasteiger partial charge in [0.1, 0.15) is 42.7 Å². The Labute approximate surface area is 419 Å². The number of aliphatic hydroxyl groups is 1. The third-order valence-electron chi connectivity index (χ3n) is 12.9. The molecule has 2 amide bonds. The average Bonchev–Trinajstić information content (AvgIpc) is 3.70. The van der Waals surface area contributed by atoms with Crippen LogP contribution in [0.25, 0.3) is 5.57 Å². The smallest absolute Gasteiger partial charge is 0.456 e. The summed E-state index contributed by atoms with van der Waals surface area (Å²) in [5.41, 5.74) is 12.0. The molecule has 0 saturated carbocycles. The summed E-state index contributed by atoms with van der Waals surface area (Å²) in [5.74, 6) is 6.22. The number of nitrogens with one attached hydrogen (secondary N) is 1. The first-order valence-electron chi connectivity index (χ1n) is 23.6. The standard InChI is InChI=1S/C47H56N7O16P3/c1-4-52-20-9-13-29-22-34-39(24-36(29)52)67-40-25-37-30(14-10-21-53(37)5-2)23-35(40)44(34)32-15-6-7-16-33(32)46(57)51(3)19-11-17-42(56)49-18-8-12-31-27-54(47(58)50-45(31)48)43-26-38(55)41(68-43)28-66-72(62,63)70-73(64,65)69-71(59,60)61/h6-7,15-16,22-25,27,38,41,43,55H,4-5,9-11,13-14,17-21,26,28H2,1-3H3,(H6-,48,49,50,56,58,59,60,61,62,63,64,65)/p+1/t38-,41+,43+/m0/s1. The first-order chi connectivity index (χ1) is 34.6. The monoisotopic (exact) mass is 1070 g/mol. The molecule has 390 valence electrons. The number of aliphatic hydroxyl groups excluding tert-OH is 1. The van der Waals surface area contributed by atoms with Gasteiger partial charge in [-0.2, -0.15) is 13.6 Å². The SMILES string of the molecule is CCN1CCCc2cc3c(cc21)Oc1cc2c(cc1=C3c1ccccc1C(=O)N(C)CCCC(=O)NCC#Cc1cn([C@H]3C[C@H](O)[C@@H](COP(=O)(O)OP(=O)(O)OP(=O)(O)O)O3)c(=O)nc1N)CCC[N+]=2CC. The quantitative estimate of drug-likeness (QED) is 0.0399. The van der Waals surface area contributed by atoms with Crippen molar-refractivity contribution in [2.24, 2.45) is 0 Å². The van der Waals surface area contributed by atoms with Gasteiger partial charge in [-0.3, -0.25) is 18.7 Å². The highest BCUT2D eigenvalue weighted by atomic mass is 31.3. The van der Waals surface area contributed by atoms with E-state index in [1.54, 1.807) is 11.9 Å². The van der Waals surface area contributed by atoms with Crippen molar-refractivity contribution in [3.63, 3.8) is 0 Å². The molecule has 26 heteroatoms. The van der Waals surface area contributed by atoms with Gasteiger partial charge in [0.05, 0.1) is 30.9 Å². The Morgan fingerprint density at radius 3 is 2.52 bits per heavy atom. The van der Waals surface area contributed by atoms with Crippen LogP contribution in [-0.4, -0.2) is 116 Å². The van der Waals surface area contributed by atoms with Crippen molar-refractivity contribution >= 4 is 52.4 Å².